The molecule has 1 amide bonds. The summed E-state index contributed by atoms with van der Waals surface area (Å²) in [5, 5.41) is 3.83. The highest BCUT2D eigenvalue weighted by atomic mass is 16.5. The van der Waals surface area contributed by atoms with Crippen molar-refractivity contribution >= 4 is 28.0 Å². The van der Waals surface area contributed by atoms with Crippen LogP contribution in [-0.4, -0.2) is 34.2 Å². The van der Waals surface area contributed by atoms with Crippen molar-refractivity contribution < 1.29 is 13.9 Å². The molecule has 2 atom stereocenters. The van der Waals surface area contributed by atoms with Crippen molar-refractivity contribution in [3.8, 4) is 0 Å². The minimum absolute atomic E-state index is 0.0728. The van der Waals surface area contributed by atoms with Crippen molar-refractivity contribution in [3.05, 3.63) is 40.9 Å². The lowest BCUT2D eigenvalue weighted by atomic mass is 9.96. The first-order valence-corrected chi connectivity index (χ1v) is 9.79. The molecule has 1 fully saturated rings. The van der Waals surface area contributed by atoms with Crippen molar-refractivity contribution in [2.24, 2.45) is 5.92 Å². The molecule has 7 heteroatoms. The molecule has 1 aliphatic rings. The molecule has 1 aliphatic heterocycles. The molecule has 28 heavy (non-hydrogen) atoms. The second-order valence-electron chi connectivity index (χ2n) is 7.86. The van der Waals surface area contributed by atoms with Gasteiger partial charge in [-0.3, -0.25) is 14.2 Å². The van der Waals surface area contributed by atoms with Crippen LogP contribution in [0.15, 0.2) is 39.8 Å². The molecule has 148 valence electrons. The largest absolute Gasteiger partial charge is 0.448 e. The monoisotopic (exact) mass is 383 g/mol. The van der Waals surface area contributed by atoms with Gasteiger partial charge in [-0.1, -0.05) is 26.0 Å². The number of furan rings is 1. The second kappa shape index (κ2) is 7.75. The van der Waals surface area contributed by atoms with E-state index < -0.39 is 0 Å². The SMILES string of the molecule is CC(C)C[C@H]1C[C@H](NC(=O)Cn2cnc3c(oc4ccccc43)c2=O)CCO1. The highest BCUT2D eigenvalue weighted by Crippen LogP contribution is 2.24. The van der Waals surface area contributed by atoms with Gasteiger partial charge in [-0.15, -0.1) is 0 Å². The fourth-order valence-electron chi connectivity index (χ4n) is 3.86. The lowest BCUT2D eigenvalue weighted by molar-refractivity contribution is -0.123. The maximum absolute atomic E-state index is 12.7. The molecule has 0 aliphatic carbocycles. The first-order valence-electron chi connectivity index (χ1n) is 9.79. The van der Waals surface area contributed by atoms with Crippen LogP contribution in [0.2, 0.25) is 0 Å². The number of para-hydroxylation sites is 1. The topological polar surface area (TPSA) is 86.4 Å². The number of ether oxygens (including phenoxy) is 1. The number of hydrogen-bond acceptors (Lipinski definition) is 5. The third-order valence-corrected chi connectivity index (χ3v) is 5.13. The van der Waals surface area contributed by atoms with Crippen molar-refractivity contribution in [2.45, 2.75) is 51.8 Å². The second-order valence-corrected chi connectivity index (χ2v) is 7.86. The van der Waals surface area contributed by atoms with Gasteiger partial charge in [0.25, 0.3) is 5.56 Å². The molecule has 3 heterocycles. The number of benzene rings is 1. The molecule has 7 nitrogen and oxygen atoms in total. The average molecular weight is 383 g/mol. The van der Waals surface area contributed by atoms with E-state index in [1.54, 1.807) is 6.07 Å². The molecule has 1 N–H and O–H groups in total. The van der Waals surface area contributed by atoms with Gasteiger partial charge in [0.2, 0.25) is 11.5 Å². The predicted molar refractivity (Wildman–Crippen MR) is 106 cm³/mol. The summed E-state index contributed by atoms with van der Waals surface area (Å²) in [6.45, 7) is 4.90. The summed E-state index contributed by atoms with van der Waals surface area (Å²) >= 11 is 0. The zero-order valence-electron chi connectivity index (χ0n) is 16.2. The number of hydrogen-bond donors (Lipinski definition) is 1. The average Bonchev–Trinajstić information content (AvgIpc) is 3.03. The number of carbonyl (C=O) groups excluding carboxylic acids is 1. The van der Waals surface area contributed by atoms with E-state index in [-0.39, 0.29) is 35.7 Å². The molecule has 0 bridgehead atoms. The fourth-order valence-corrected chi connectivity index (χ4v) is 3.86. The number of nitrogens with zero attached hydrogens (tertiary/aromatic N) is 2. The Morgan fingerprint density at radius 2 is 2.18 bits per heavy atom. The van der Waals surface area contributed by atoms with Crippen molar-refractivity contribution in [3.63, 3.8) is 0 Å². The van der Waals surface area contributed by atoms with Crippen LogP contribution in [0.1, 0.15) is 33.1 Å². The quantitative estimate of drug-likeness (QED) is 0.732. The molecule has 0 saturated carbocycles. The van der Waals surface area contributed by atoms with E-state index in [1.165, 1.54) is 10.9 Å². The van der Waals surface area contributed by atoms with Crippen LogP contribution in [0.25, 0.3) is 22.1 Å². The van der Waals surface area contributed by atoms with E-state index in [1.807, 2.05) is 18.2 Å². The van der Waals surface area contributed by atoms with E-state index in [0.717, 1.165) is 24.6 Å². The Morgan fingerprint density at radius 3 is 3.00 bits per heavy atom. The summed E-state index contributed by atoms with van der Waals surface area (Å²) in [7, 11) is 0. The molecule has 3 aromatic rings. The first-order chi connectivity index (χ1) is 13.5. The maximum Gasteiger partial charge on any atom is 0.297 e. The normalized spacial score (nSPS) is 20.1. The van der Waals surface area contributed by atoms with Crippen molar-refractivity contribution in [2.75, 3.05) is 6.61 Å². The molecular formula is C21H25N3O4. The number of rotatable bonds is 5. The van der Waals surface area contributed by atoms with Crippen LogP contribution in [0.5, 0.6) is 0 Å². The number of carbonyl (C=O) groups is 1. The van der Waals surface area contributed by atoms with E-state index in [0.29, 0.717) is 23.6 Å². The van der Waals surface area contributed by atoms with Crippen LogP contribution in [-0.2, 0) is 16.1 Å². The minimum Gasteiger partial charge on any atom is -0.448 e. The zero-order valence-corrected chi connectivity index (χ0v) is 16.2. The molecule has 1 aromatic carbocycles. The predicted octanol–water partition coefficient (Wildman–Crippen LogP) is 2.85. The van der Waals surface area contributed by atoms with Gasteiger partial charge in [-0.25, -0.2) is 4.98 Å². The molecule has 0 radical (unpaired) electrons. The molecular weight excluding hydrogens is 358 g/mol. The summed E-state index contributed by atoms with van der Waals surface area (Å²) < 4.78 is 12.7. The van der Waals surface area contributed by atoms with E-state index in [4.69, 9.17) is 9.15 Å². The van der Waals surface area contributed by atoms with Crippen LogP contribution < -0.4 is 10.9 Å². The standard InChI is InChI=1S/C21H25N3O4/c1-13(2)9-15-10-14(7-8-27-15)23-18(25)11-24-12-22-19-16-5-3-4-6-17(16)28-20(19)21(24)26/h3-6,12-15H,7-11H2,1-2H3,(H,23,25)/t14-,15+/m1/s1. The Bertz CT molecular complexity index is 1050. The van der Waals surface area contributed by atoms with Gasteiger partial charge in [-0.2, -0.15) is 0 Å². The van der Waals surface area contributed by atoms with Gasteiger partial charge in [0.15, 0.2) is 0 Å². The minimum atomic E-state index is -0.346. The number of nitrogens with one attached hydrogen (secondary N) is 1. The molecule has 4 rings (SSSR count). The number of aromatic nitrogens is 2. The zero-order chi connectivity index (χ0) is 19.7. The third kappa shape index (κ3) is 3.80. The maximum atomic E-state index is 12.7. The van der Waals surface area contributed by atoms with Gasteiger partial charge in [0, 0.05) is 18.0 Å². The van der Waals surface area contributed by atoms with Crippen LogP contribution in [0, 0.1) is 5.92 Å². The van der Waals surface area contributed by atoms with Crippen LogP contribution in [0.3, 0.4) is 0 Å². The fraction of sp³-hybridized carbons (Fsp3) is 0.476. The number of fused-ring (bicyclic) bond motifs is 3. The summed E-state index contributed by atoms with van der Waals surface area (Å²) in [6, 6.07) is 7.45. The van der Waals surface area contributed by atoms with Crippen molar-refractivity contribution in [1.82, 2.24) is 14.9 Å². The smallest absolute Gasteiger partial charge is 0.297 e. The Balaban J connectivity index is 1.47. The summed E-state index contributed by atoms with van der Waals surface area (Å²) in [6.07, 6.45) is 4.17. The summed E-state index contributed by atoms with van der Waals surface area (Å²) in [4.78, 5) is 29.6. The molecule has 2 aromatic heterocycles. The van der Waals surface area contributed by atoms with E-state index in [9.17, 15) is 9.59 Å². The molecule has 0 unspecified atom stereocenters. The van der Waals surface area contributed by atoms with Crippen LogP contribution in [0.4, 0.5) is 0 Å². The summed E-state index contributed by atoms with van der Waals surface area (Å²) in [5.41, 5.74) is 0.974. The lowest BCUT2D eigenvalue weighted by Gasteiger charge is -2.31. The van der Waals surface area contributed by atoms with Gasteiger partial charge in [0.1, 0.15) is 17.6 Å². The van der Waals surface area contributed by atoms with Crippen LogP contribution >= 0.6 is 0 Å². The van der Waals surface area contributed by atoms with Gasteiger partial charge >= 0.3 is 0 Å². The first kappa shape index (κ1) is 18.7. The van der Waals surface area contributed by atoms with Crippen molar-refractivity contribution in [1.29, 1.82) is 0 Å². The van der Waals surface area contributed by atoms with E-state index in [2.05, 4.69) is 24.1 Å². The van der Waals surface area contributed by atoms with E-state index >= 15 is 0 Å². The summed E-state index contributed by atoms with van der Waals surface area (Å²) in [5.74, 6) is 0.356. The Hall–Kier alpha value is -2.67. The third-order valence-electron chi connectivity index (χ3n) is 5.13. The molecule has 0 spiro atoms. The lowest BCUT2D eigenvalue weighted by Crippen LogP contribution is -2.44. The van der Waals surface area contributed by atoms with Gasteiger partial charge < -0.3 is 14.5 Å². The molecule has 1 saturated heterocycles. The Labute approximate surface area is 162 Å². The Morgan fingerprint density at radius 1 is 1.36 bits per heavy atom. The van der Waals surface area contributed by atoms with Gasteiger partial charge in [-0.05, 0) is 37.3 Å². The number of amides is 1. The Kier molecular flexibility index (Phi) is 5.17. The highest BCUT2D eigenvalue weighted by molar-refractivity contribution is 6.01. The highest BCUT2D eigenvalue weighted by Gasteiger charge is 2.25. The van der Waals surface area contributed by atoms with Gasteiger partial charge in [0.05, 0.1) is 12.4 Å².